The highest BCUT2D eigenvalue weighted by Crippen LogP contribution is 2.09. The van der Waals surface area contributed by atoms with Gasteiger partial charge in [0.25, 0.3) is 10.0 Å². The summed E-state index contributed by atoms with van der Waals surface area (Å²) in [6.07, 6.45) is -6.44. The normalized spacial score (nSPS) is 17.7. The van der Waals surface area contributed by atoms with Crippen molar-refractivity contribution in [3.8, 4) is 0 Å². The number of aliphatic hydroxyl groups excluding tert-OH is 5. The standard InChI is InChI=1S/C13H20N2O7S/c1-8-2-4-9(5-3-8)23(21,22)15-14-6-10(17)12(19)13(20)11(18)7-16/h2-6,10-13,15-20H,7H2,1H3/b14-6+/t10-,11+,12-,13+/m0/s1. The summed E-state index contributed by atoms with van der Waals surface area (Å²) in [7, 11) is -3.93. The highest BCUT2D eigenvalue weighted by Gasteiger charge is 2.29. The van der Waals surface area contributed by atoms with Gasteiger partial charge >= 0.3 is 0 Å². The Hall–Kier alpha value is -1.56. The molecule has 1 aromatic rings. The second-order valence-electron chi connectivity index (χ2n) is 4.91. The number of nitrogens with one attached hydrogen (secondary N) is 1. The fraction of sp³-hybridized carbons (Fsp3) is 0.462. The van der Waals surface area contributed by atoms with Gasteiger partial charge in [0.2, 0.25) is 0 Å². The second-order valence-corrected chi connectivity index (χ2v) is 6.57. The average Bonchev–Trinajstić information content (AvgIpc) is 2.52. The van der Waals surface area contributed by atoms with E-state index in [1.165, 1.54) is 12.1 Å². The third kappa shape index (κ3) is 5.53. The van der Waals surface area contributed by atoms with Crippen molar-refractivity contribution in [2.24, 2.45) is 5.10 Å². The summed E-state index contributed by atoms with van der Waals surface area (Å²) in [5.74, 6) is 0. The number of benzene rings is 1. The molecule has 0 radical (unpaired) electrons. The van der Waals surface area contributed by atoms with E-state index >= 15 is 0 Å². The van der Waals surface area contributed by atoms with E-state index in [0.29, 0.717) is 6.21 Å². The third-order valence-electron chi connectivity index (χ3n) is 3.01. The first kappa shape index (κ1) is 19.5. The number of hydrazone groups is 1. The number of aryl methyl sites for hydroxylation is 1. The molecule has 0 bridgehead atoms. The van der Waals surface area contributed by atoms with Crippen molar-refractivity contribution in [3.05, 3.63) is 29.8 Å². The van der Waals surface area contributed by atoms with Crippen LogP contribution < -0.4 is 4.83 Å². The molecule has 1 rings (SSSR count). The van der Waals surface area contributed by atoms with Gasteiger partial charge in [-0.25, -0.2) is 4.83 Å². The van der Waals surface area contributed by atoms with E-state index in [0.717, 1.165) is 5.56 Å². The zero-order valence-electron chi connectivity index (χ0n) is 12.3. The summed E-state index contributed by atoms with van der Waals surface area (Å²) in [4.78, 5) is 1.80. The summed E-state index contributed by atoms with van der Waals surface area (Å²) < 4.78 is 23.8. The van der Waals surface area contributed by atoms with Gasteiger partial charge in [0.15, 0.2) is 0 Å². The number of hydrogen-bond acceptors (Lipinski definition) is 8. The Morgan fingerprint density at radius 1 is 1.13 bits per heavy atom. The van der Waals surface area contributed by atoms with Crippen LogP contribution in [0.5, 0.6) is 0 Å². The molecule has 10 heteroatoms. The first-order chi connectivity index (χ1) is 10.7. The van der Waals surface area contributed by atoms with Crippen molar-refractivity contribution in [1.82, 2.24) is 4.83 Å². The highest BCUT2D eigenvalue weighted by molar-refractivity contribution is 7.89. The molecule has 0 amide bonds. The number of aliphatic hydroxyl groups is 5. The molecule has 0 heterocycles. The monoisotopic (exact) mass is 348 g/mol. The van der Waals surface area contributed by atoms with E-state index in [4.69, 9.17) is 10.2 Å². The van der Waals surface area contributed by atoms with E-state index < -0.39 is 41.0 Å². The summed E-state index contributed by atoms with van der Waals surface area (Å²) in [6, 6.07) is 5.95. The van der Waals surface area contributed by atoms with Crippen LogP contribution in [0.3, 0.4) is 0 Å². The lowest BCUT2D eigenvalue weighted by atomic mass is 10.0. The Kier molecular flexibility index (Phi) is 7.06. The number of hydrogen-bond donors (Lipinski definition) is 6. The molecule has 130 valence electrons. The van der Waals surface area contributed by atoms with E-state index in [-0.39, 0.29) is 4.90 Å². The van der Waals surface area contributed by atoms with Crippen molar-refractivity contribution in [1.29, 1.82) is 0 Å². The van der Waals surface area contributed by atoms with Crippen LogP contribution >= 0.6 is 0 Å². The van der Waals surface area contributed by atoms with Crippen LogP contribution in [0.2, 0.25) is 0 Å². The molecule has 1 aromatic carbocycles. The minimum absolute atomic E-state index is 0.0361. The molecule has 0 spiro atoms. The SMILES string of the molecule is Cc1ccc(S(=O)(=O)N/N=C/[C@H](O)[C@H](O)[C@H](O)[C@H](O)CO)cc1. The first-order valence-corrected chi connectivity index (χ1v) is 8.12. The molecule has 0 aliphatic heterocycles. The van der Waals surface area contributed by atoms with Crippen LogP contribution in [-0.4, -0.2) is 71.2 Å². The van der Waals surface area contributed by atoms with E-state index in [2.05, 4.69) is 5.10 Å². The van der Waals surface area contributed by atoms with Crippen molar-refractivity contribution in [2.45, 2.75) is 36.2 Å². The van der Waals surface area contributed by atoms with Gasteiger partial charge in [0, 0.05) is 0 Å². The van der Waals surface area contributed by atoms with Crippen LogP contribution in [0.4, 0.5) is 0 Å². The maximum atomic E-state index is 11.9. The molecule has 9 nitrogen and oxygen atoms in total. The van der Waals surface area contributed by atoms with Crippen LogP contribution in [0.1, 0.15) is 5.56 Å². The van der Waals surface area contributed by atoms with Crippen LogP contribution in [0.15, 0.2) is 34.3 Å². The van der Waals surface area contributed by atoms with Crippen LogP contribution in [-0.2, 0) is 10.0 Å². The molecule has 0 unspecified atom stereocenters. The van der Waals surface area contributed by atoms with Gasteiger partial charge in [-0.1, -0.05) is 17.7 Å². The van der Waals surface area contributed by atoms with Gasteiger partial charge in [-0.2, -0.15) is 13.5 Å². The maximum Gasteiger partial charge on any atom is 0.276 e. The molecule has 6 N–H and O–H groups in total. The lowest BCUT2D eigenvalue weighted by molar-refractivity contribution is -0.0999. The Labute approximate surface area is 133 Å². The molecule has 0 fully saturated rings. The fourth-order valence-corrected chi connectivity index (χ4v) is 2.37. The largest absolute Gasteiger partial charge is 0.394 e. The van der Waals surface area contributed by atoms with E-state index in [1.807, 2.05) is 4.83 Å². The van der Waals surface area contributed by atoms with Gasteiger partial charge in [-0.15, -0.1) is 0 Å². The zero-order chi connectivity index (χ0) is 17.6. The molecule has 0 aliphatic carbocycles. The van der Waals surface area contributed by atoms with Gasteiger partial charge < -0.3 is 25.5 Å². The van der Waals surface area contributed by atoms with Crippen LogP contribution in [0.25, 0.3) is 0 Å². The van der Waals surface area contributed by atoms with Gasteiger partial charge in [-0.3, -0.25) is 0 Å². The Balaban J connectivity index is 2.69. The zero-order valence-corrected chi connectivity index (χ0v) is 13.1. The molecule has 0 saturated carbocycles. The Morgan fingerprint density at radius 2 is 1.70 bits per heavy atom. The second kappa shape index (κ2) is 8.34. The lowest BCUT2D eigenvalue weighted by Gasteiger charge is -2.23. The van der Waals surface area contributed by atoms with Gasteiger partial charge in [-0.05, 0) is 19.1 Å². The predicted molar refractivity (Wildman–Crippen MR) is 81.1 cm³/mol. The third-order valence-corrected chi connectivity index (χ3v) is 4.25. The topological polar surface area (TPSA) is 160 Å². The average molecular weight is 348 g/mol. The number of nitrogens with zero attached hydrogens (tertiary/aromatic N) is 1. The molecular formula is C13H20N2O7S. The smallest absolute Gasteiger partial charge is 0.276 e. The molecule has 0 saturated heterocycles. The summed E-state index contributed by atoms with van der Waals surface area (Å²) >= 11 is 0. The quantitative estimate of drug-likeness (QED) is 0.227. The summed E-state index contributed by atoms with van der Waals surface area (Å²) in [5, 5.41) is 49.6. The van der Waals surface area contributed by atoms with Gasteiger partial charge in [0.1, 0.15) is 24.4 Å². The fourth-order valence-electron chi connectivity index (χ4n) is 1.57. The van der Waals surface area contributed by atoms with Crippen molar-refractivity contribution < 1.29 is 34.0 Å². The molecule has 0 aromatic heterocycles. The Bertz CT molecular complexity index is 618. The van der Waals surface area contributed by atoms with E-state index in [1.54, 1.807) is 19.1 Å². The molecule has 23 heavy (non-hydrogen) atoms. The maximum absolute atomic E-state index is 11.9. The minimum Gasteiger partial charge on any atom is -0.394 e. The molecular weight excluding hydrogens is 328 g/mol. The lowest BCUT2D eigenvalue weighted by Crippen LogP contribution is -2.46. The van der Waals surface area contributed by atoms with Gasteiger partial charge in [0.05, 0.1) is 17.7 Å². The summed E-state index contributed by atoms with van der Waals surface area (Å²) in [6.45, 7) is 0.980. The van der Waals surface area contributed by atoms with Crippen molar-refractivity contribution in [3.63, 3.8) is 0 Å². The molecule has 0 aliphatic rings. The highest BCUT2D eigenvalue weighted by atomic mass is 32.2. The van der Waals surface area contributed by atoms with Crippen molar-refractivity contribution in [2.75, 3.05) is 6.61 Å². The number of rotatable bonds is 8. The van der Waals surface area contributed by atoms with E-state index in [9.17, 15) is 23.7 Å². The minimum atomic E-state index is -3.93. The first-order valence-electron chi connectivity index (χ1n) is 6.64. The number of sulfonamides is 1. The Morgan fingerprint density at radius 3 is 2.22 bits per heavy atom. The van der Waals surface area contributed by atoms with Crippen molar-refractivity contribution >= 4 is 16.2 Å². The van der Waals surface area contributed by atoms with Crippen LogP contribution in [0, 0.1) is 6.92 Å². The molecule has 4 atom stereocenters. The summed E-state index contributed by atoms with van der Waals surface area (Å²) in [5.41, 5.74) is 0.877. The predicted octanol–water partition coefficient (Wildman–Crippen LogP) is -2.30.